The molecule has 0 aromatic heterocycles. The number of nitro groups is 1. The van der Waals surface area contributed by atoms with Crippen molar-refractivity contribution in [3.8, 4) is 5.75 Å². The zero-order chi connectivity index (χ0) is 15.4. The number of methoxy groups -OCH3 is 1. The van der Waals surface area contributed by atoms with Crippen molar-refractivity contribution in [1.82, 2.24) is 4.90 Å². The topological polar surface area (TPSA) is 81.6 Å². The van der Waals surface area contributed by atoms with Crippen molar-refractivity contribution in [3.05, 3.63) is 33.9 Å². The summed E-state index contributed by atoms with van der Waals surface area (Å²) >= 11 is 0. The number of hydrogen-bond donors (Lipinski definition) is 1. The average Bonchev–Trinajstić information content (AvgIpc) is 2.47. The predicted octanol–water partition coefficient (Wildman–Crippen LogP) is 2.73. The van der Waals surface area contributed by atoms with Gasteiger partial charge in [0, 0.05) is 24.7 Å². The molecule has 1 fully saturated rings. The molecule has 2 atom stereocenters. The van der Waals surface area contributed by atoms with E-state index in [-0.39, 0.29) is 24.1 Å². The number of hydrogen-bond acceptors (Lipinski definition) is 5. The van der Waals surface area contributed by atoms with Crippen molar-refractivity contribution in [2.75, 3.05) is 13.7 Å². The van der Waals surface area contributed by atoms with Crippen LogP contribution in [0, 0.1) is 10.1 Å². The normalized spacial score (nSPS) is 20.0. The molecule has 6 nitrogen and oxygen atoms in total. The fourth-order valence-corrected chi connectivity index (χ4v) is 3.02. The number of nitrogens with two attached hydrogens (primary N) is 1. The number of rotatable bonds is 5. The van der Waals surface area contributed by atoms with Crippen LogP contribution in [0.4, 0.5) is 5.69 Å². The summed E-state index contributed by atoms with van der Waals surface area (Å²) in [5.41, 5.74) is 7.01. The van der Waals surface area contributed by atoms with Crippen LogP contribution < -0.4 is 10.5 Å². The Labute approximate surface area is 137 Å². The van der Waals surface area contributed by atoms with Gasteiger partial charge in [-0.15, -0.1) is 12.4 Å². The summed E-state index contributed by atoms with van der Waals surface area (Å²) in [6.45, 7) is 3.71. The van der Waals surface area contributed by atoms with Gasteiger partial charge in [0.05, 0.1) is 12.0 Å². The molecule has 1 heterocycles. The zero-order valence-corrected chi connectivity index (χ0v) is 13.8. The third-order valence-electron chi connectivity index (χ3n) is 4.10. The molecule has 0 bridgehead atoms. The number of halogens is 1. The lowest BCUT2D eigenvalue weighted by Gasteiger charge is -2.38. The van der Waals surface area contributed by atoms with E-state index >= 15 is 0 Å². The van der Waals surface area contributed by atoms with Gasteiger partial charge in [-0.3, -0.25) is 15.0 Å². The van der Waals surface area contributed by atoms with Gasteiger partial charge in [-0.1, -0.05) is 12.5 Å². The fraction of sp³-hybridized carbons (Fsp3) is 0.600. The van der Waals surface area contributed by atoms with E-state index in [4.69, 9.17) is 10.5 Å². The van der Waals surface area contributed by atoms with Gasteiger partial charge in [0.15, 0.2) is 5.75 Å². The second-order valence-corrected chi connectivity index (χ2v) is 5.66. The average molecular weight is 330 g/mol. The Balaban J connectivity index is 0.00000242. The molecule has 124 valence electrons. The Hall–Kier alpha value is -1.37. The van der Waals surface area contributed by atoms with Crippen LogP contribution in [0.2, 0.25) is 0 Å². The third kappa shape index (κ3) is 4.32. The van der Waals surface area contributed by atoms with Gasteiger partial charge in [-0.25, -0.2) is 0 Å². The van der Waals surface area contributed by atoms with Crippen LogP contribution in [0.25, 0.3) is 0 Å². The van der Waals surface area contributed by atoms with Gasteiger partial charge >= 0.3 is 5.69 Å². The van der Waals surface area contributed by atoms with E-state index in [1.807, 2.05) is 13.0 Å². The molecule has 2 unspecified atom stereocenters. The number of piperidine rings is 1. The number of benzene rings is 1. The molecule has 7 heteroatoms. The lowest BCUT2D eigenvalue weighted by molar-refractivity contribution is -0.385. The van der Waals surface area contributed by atoms with Crippen LogP contribution in [0.3, 0.4) is 0 Å². The van der Waals surface area contributed by atoms with E-state index in [1.165, 1.54) is 13.5 Å². The minimum absolute atomic E-state index is 0. The Morgan fingerprint density at radius 2 is 2.23 bits per heavy atom. The van der Waals surface area contributed by atoms with E-state index in [0.717, 1.165) is 24.9 Å². The Bertz CT molecular complexity index is 511. The first kappa shape index (κ1) is 18.7. The minimum atomic E-state index is -0.401. The molecular weight excluding hydrogens is 306 g/mol. The molecule has 1 aromatic rings. The zero-order valence-electron chi connectivity index (χ0n) is 13.0. The van der Waals surface area contributed by atoms with Crippen molar-refractivity contribution >= 4 is 18.1 Å². The molecule has 1 aromatic carbocycles. The summed E-state index contributed by atoms with van der Waals surface area (Å²) in [5, 5.41) is 11.1. The molecule has 22 heavy (non-hydrogen) atoms. The number of nitrogens with zero attached hydrogens (tertiary/aromatic N) is 2. The highest BCUT2D eigenvalue weighted by Gasteiger charge is 2.26. The highest BCUT2D eigenvalue weighted by Crippen LogP contribution is 2.29. The first-order valence-corrected chi connectivity index (χ1v) is 7.34. The van der Waals surface area contributed by atoms with Crippen LogP contribution in [0.15, 0.2) is 18.2 Å². The predicted molar refractivity (Wildman–Crippen MR) is 88.6 cm³/mol. The smallest absolute Gasteiger partial charge is 0.311 e. The highest BCUT2D eigenvalue weighted by molar-refractivity contribution is 5.85. The highest BCUT2D eigenvalue weighted by atomic mass is 35.5. The number of likely N-dealkylation sites (tertiary alicyclic amines) is 1. The van der Waals surface area contributed by atoms with E-state index in [2.05, 4.69) is 4.90 Å². The van der Waals surface area contributed by atoms with Gasteiger partial charge in [0.2, 0.25) is 0 Å². The number of nitro benzene ring substituents is 1. The van der Waals surface area contributed by atoms with Gasteiger partial charge in [-0.05, 0) is 37.9 Å². The quantitative estimate of drug-likeness (QED) is 0.663. The van der Waals surface area contributed by atoms with Crippen molar-refractivity contribution in [3.63, 3.8) is 0 Å². The van der Waals surface area contributed by atoms with Crippen LogP contribution in [0.5, 0.6) is 5.75 Å². The summed E-state index contributed by atoms with van der Waals surface area (Å²) < 4.78 is 5.04. The Morgan fingerprint density at radius 1 is 1.50 bits per heavy atom. The van der Waals surface area contributed by atoms with Crippen molar-refractivity contribution in [2.45, 2.75) is 44.8 Å². The molecule has 1 aliphatic rings. The molecule has 1 saturated heterocycles. The molecule has 0 radical (unpaired) electrons. The van der Waals surface area contributed by atoms with E-state index in [0.29, 0.717) is 18.3 Å². The lowest BCUT2D eigenvalue weighted by atomic mass is 9.96. The monoisotopic (exact) mass is 329 g/mol. The maximum absolute atomic E-state index is 11.1. The van der Waals surface area contributed by atoms with Gasteiger partial charge < -0.3 is 10.5 Å². The maximum atomic E-state index is 11.1. The van der Waals surface area contributed by atoms with Crippen LogP contribution >= 0.6 is 12.4 Å². The van der Waals surface area contributed by atoms with Crippen LogP contribution in [-0.2, 0) is 6.54 Å². The lowest BCUT2D eigenvalue weighted by Crippen LogP contribution is -2.48. The van der Waals surface area contributed by atoms with Crippen molar-refractivity contribution in [1.29, 1.82) is 0 Å². The van der Waals surface area contributed by atoms with Crippen molar-refractivity contribution in [2.24, 2.45) is 5.73 Å². The van der Waals surface area contributed by atoms with Gasteiger partial charge in [0.1, 0.15) is 0 Å². The van der Waals surface area contributed by atoms with E-state index < -0.39 is 4.92 Å². The molecule has 0 saturated carbocycles. The van der Waals surface area contributed by atoms with E-state index in [9.17, 15) is 10.1 Å². The summed E-state index contributed by atoms with van der Waals surface area (Å²) in [4.78, 5) is 13.0. The summed E-state index contributed by atoms with van der Waals surface area (Å²) in [6.07, 6.45) is 3.45. The molecule has 0 amide bonds. The van der Waals surface area contributed by atoms with Crippen LogP contribution in [-0.4, -0.2) is 35.6 Å². The standard InChI is InChI=1S/C15H23N3O3.ClH/c1-11(16)13-5-3-4-8-17(13)10-12-6-7-15(21-2)14(9-12)18(19)20;/h6-7,9,11,13H,3-5,8,10,16H2,1-2H3;1H. The molecule has 1 aliphatic heterocycles. The number of ether oxygens (including phenoxy) is 1. The van der Waals surface area contributed by atoms with Gasteiger partial charge in [0.25, 0.3) is 0 Å². The van der Waals surface area contributed by atoms with Crippen LogP contribution in [0.1, 0.15) is 31.7 Å². The molecule has 2 N–H and O–H groups in total. The molecule has 2 rings (SSSR count). The van der Waals surface area contributed by atoms with Gasteiger partial charge in [-0.2, -0.15) is 0 Å². The second-order valence-electron chi connectivity index (χ2n) is 5.66. The first-order chi connectivity index (χ1) is 10.0. The summed E-state index contributed by atoms with van der Waals surface area (Å²) in [6, 6.07) is 5.61. The first-order valence-electron chi connectivity index (χ1n) is 7.34. The van der Waals surface area contributed by atoms with E-state index in [1.54, 1.807) is 12.1 Å². The molecule has 0 spiro atoms. The maximum Gasteiger partial charge on any atom is 0.311 e. The third-order valence-corrected chi connectivity index (χ3v) is 4.10. The summed E-state index contributed by atoms with van der Waals surface area (Å²) in [5.74, 6) is 0.297. The largest absolute Gasteiger partial charge is 0.490 e. The Morgan fingerprint density at radius 3 is 2.82 bits per heavy atom. The summed E-state index contributed by atoms with van der Waals surface area (Å²) in [7, 11) is 1.44. The fourth-order valence-electron chi connectivity index (χ4n) is 3.02. The Kier molecular flexibility index (Phi) is 7.06. The second kappa shape index (κ2) is 8.31. The molecule has 0 aliphatic carbocycles. The van der Waals surface area contributed by atoms with Crippen molar-refractivity contribution < 1.29 is 9.66 Å². The SMILES string of the molecule is COc1ccc(CN2CCCCC2C(C)N)cc1[N+](=O)[O-].Cl. The molecular formula is C15H24ClN3O3. The minimum Gasteiger partial charge on any atom is -0.490 e.